The first kappa shape index (κ1) is 12.2. The standard InChI is InChI=1S/C15H21NO/c1-12(2)14-10-6-7-11-16(15(14)17)13-8-4-3-5-9-13/h3-5,8-9,12,14H,6-7,10-11H2,1-2H3. The lowest BCUT2D eigenvalue weighted by Gasteiger charge is -2.26. The maximum Gasteiger partial charge on any atom is 0.230 e. The van der Waals surface area contributed by atoms with Crippen molar-refractivity contribution in [2.24, 2.45) is 11.8 Å². The molecule has 0 saturated carbocycles. The minimum absolute atomic E-state index is 0.192. The van der Waals surface area contributed by atoms with Crippen molar-refractivity contribution in [3.05, 3.63) is 30.3 Å². The molecule has 0 radical (unpaired) electrons. The Morgan fingerprint density at radius 2 is 1.88 bits per heavy atom. The normalized spacial score (nSPS) is 21.7. The van der Waals surface area contributed by atoms with E-state index in [1.165, 1.54) is 0 Å². The van der Waals surface area contributed by atoms with E-state index in [1.807, 2.05) is 35.2 Å². The molecular weight excluding hydrogens is 210 g/mol. The highest BCUT2D eigenvalue weighted by molar-refractivity contribution is 5.95. The molecule has 0 N–H and O–H groups in total. The van der Waals surface area contributed by atoms with Gasteiger partial charge in [0, 0.05) is 18.2 Å². The number of para-hydroxylation sites is 1. The molecule has 1 aliphatic heterocycles. The van der Waals surface area contributed by atoms with Crippen LogP contribution in [0.25, 0.3) is 0 Å². The monoisotopic (exact) mass is 231 g/mol. The molecule has 2 nitrogen and oxygen atoms in total. The van der Waals surface area contributed by atoms with Gasteiger partial charge in [-0.1, -0.05) is 38.5 Å². The van der Waals surface area contributed by atoms with Crippen LogP contribution in [-0.2, 0) is 4.79 Å². The molecule has 1 heterocycles. The quantitative estimate of drug-likeness (QED) is 0.763. The summed E-state index contributed by atoms with van der Waals surface area (Å²) in [5.41, 5.74) is 1.05. The fourth-order valence-corrected chi connectivity index (χ4v) is 2.55. The zero-order valence-electron chi connectivity index (χ0n) is 10.7. The van der Waals surface area contributed by atoms with Gasteiger partial charge < -0.3 is 4.90 Å². The first-order chi connectivity index (χ1) is 8.20. The lowest BCUT2D eigenvalue weighted by Crippen LogP contribution is -2.36. The summed E-state index contributed by atoms with van der Waals surface area (Å²) < 4.78 is 0. The summed E-state index contributed by atoms with van der Waals surface area (Å²) in [6.45, 7) is 5.17. The Morgan fingerprint density at radius 1 is 1.18 bits per heavy atom. The maximum absolute atomic E-state index is 12.5. The van der Waals surface area contributed by atoms with Crippen molar-refractivity contribution in [2.45, 2.75) is 33.1 Å². The highest BCUT2D eigenvalue weighted by atomic mass is 16.2. The average molecular weight is 231 g/mol. The van der Waals surface area contributed by atoms with Crippen LogP contribution in [0.2, 0.25) is 0 Å². The van der Waals surface area contributed by atoms with Gasteiger partial charge in [0.25, 0.3) is 0 Å². The summed E-state index contributed by atoms with van der Waals surface area (Å²) in [7, 11) is 0. The third-order valence-electron chi connectivity index (χ3n) is 3.60. The van der Waals surface area contributed by atoms with E-state index in [-0.39, 0.29) is 5.92 Å². The van der Waals surface area contributed by atoms with Crippen LogP contribution >= 0.6 is 0 Å². The van der Waals surface area contributed by atoms with E-state index in [0.29, 0.717) is 11.8 Å². The van der Waals surface area contributed by atoms with Gasteiger partial charge in [-0.25, -0.2) is 0 Å². The Bertz CT molecular complexity index is 372. The van der Waals surface area contributed by atoms with Crippen molar-refractivity contribution in [2.75, 3.05) is 11.4 Å². The van der Waals surface area contributed by atoms with Crippen molar-refractivity contribution in [3.63, 3.8) is 0 Å². The lowest BCUT2D eigenvalue weighted by molar-refractivity contribution is -0.123. The predicted octanol–water partition coefficient (Wildman–Crippen LogP) is 3.48. The van der Waals surface area contributed by atoms with E-state index in [1.54, 1.807) is 0 Å². The van der Waals surface area contributed by atoms with Gasteiger partial charge in [-0.2, -0.15) is 0 Å². The molecule has 0 bridgehead atoms. The number of benzene rings is 1. The molecule has 1 aliphatic rings. The fourth-order valence-electron chi connectivity index (χ4n) is 2.55. The maximum atomic E-state index is 12.5. The van der Waals surface area contributed by atoms with Crippen LogP contribution in [-0.4, -0.2) is 12.5 Å². The van der Waals surface area contributed by atoms with Crippen molar-refractivity contribution in [1.82, 2.24) is 0 Å². The first-order valence-electron chi connectivity index (χ1n) is 6.56. The average Bonchev–Trinajstić information content (AvgIpc) is 2.52. The van der Waals surface area contributed by atoms with Gasteiger partial charge >= 0.3 is 0 Å². The third kappa shape index (κ3) is 2.68. The van der Waals surface area contributed by atoms with Gasteiger partial charge in [-0.3, -0.25) is 4.79 Å². The Hall–Kier alpha value is -1.31. The molecule has 17 heavy (non-hydrogen) atoms. The van der Waals surface area contributed by atoms with Crippen LogP contribution in [0.4, 0.5) is 5.69 Å². The van der Waals surface area contributed by atoms with E-state index < -0.39 is 0 Å². The lowest BCUT2D eigenvalue weighted by atomic mass is 9.90. The zero-order valence-corrected chi connectivity index (χ0v) is 10.7. The minimum Gasteiger partial charge on any atom is -0.312 e. The summed E-state index contributed by atoms with van der Waals surface area (Å²) >= 11 is 0. The fraction of sp³-hybridized carbons (Fsp3) is 0.533. The molecule has 92 valence electrons. The van der Waals surface area contributed by atoms with Gasteiger partial charge in [-0.05, 0) is 30.9 Å². The summed E-state index contributed by atoms with van der Waals surface area (Å²) in [6, 6.07) is 10.0. The van der Waals surface area contributed by atoms with E-state index in [0.717, 1.165) is 31.5 Å². The molecule has 2 rings (SSSR count). The highest BCUT2D eigenvalue weighted by Gasteiger charge is 2.29. The molecule has 1 unspecified atom stereocenters. The second kappa shape index (κ2) is 5.35. The number of carbonyl (C=O) groups is 1. The van der Waals surface area contributed by atoms with E-state index >= 15 is 0 Å². The van der Waals surface area contributed by atoms with E-state index in [9.17, 15) is 4.79 Å². The summed E-state index contributed by atoms with van der Waals surface area (Å²) in [6.07, 6.45) is 3.32. The van der Waals surface area contributed by atoms with Crippen molar-refractivity contribution < 1.29 is 4.79 Å². The molecule has 1 atom stereocenters. The van der Waals surface area contributed by atoms with Crippen LogP contribution < -0.4 is 4.90 Å². The topological polar surface area (TPSA) is 20.3 Å². The molecule has 0 aromatic heterocycles. The zero-order chi connectivity index (χ0) is 12.3. The second-order valence-corrected chi connectivity index (χ2v) is 5.17. The summed E-state index contributed by atoms with van der Waals surface area (Å²) in [5.74, 6) is 0.938. The largest absolute Gasteiger partial charge is 0.312 e. The van der Waals surface area contributed by atoms with Gasteiger partial charge in [0.15, 0.2) is 0 Å². The molecule has 0 spiro atoms. The Labute approximate surface area is 104 Å². The number of hydrogen-bond acceptors (Lipinski definition) is 1. The predicted molar refractivity (Wildman–Crippen MR) is 71.0 cm³/mol. The number of carbonyl (C=O) groups excluding carboxylic acids is 1. The molecular formula is C15H21NO. The van der Waals surface area contributed by atoms with Gasteiger partial charge in [-0.15, -0.1) is 0 Å². The third-order valence-corrected chi connectivity index (χ3v) is 3.60. The Balaban J connectivity index is 2.24. The van der Waals surface area contributed by atoms with Gasteiger partial charge in [0.2, 0.25) is 5.91 Å². The van der Waals surface area contributed by atoms with Crippen LogP contribution in [0.5, 0.6) is 0 Å². The van der Waals surface area contributed by atoms with Gasteiger partial charge in [0.05, 0.1) is 0 Å². The number of hydrogen-bond donors (Lipinski definition) is 0. The molecule has 2 heteroatoms. The smallest absolute Gasteiger partial charge is 0.230 e. The van der Waals surface area contributed by atoms with Crippen molar-refractivity contribution in [1.29, 1.82) is 0 Å². The minimum atomic E-state index is 0.192. The number of anilines is 1. The van der Waals surface area contributed by atoms with Crippen LogP contribution in [0.15, 0.2) is 30.3 Å². The van der Waals surface area contributed by atoms with Crippen LogP contribution in [0.1, 0.15) is 33.1 Å². The molecule has 1 aromatic carbocycles. The molecule has 1 aromatic rings. The molecule has 1 amide bonds. The van der Waals surface area contributed by atoms with Gasteiger partial charge in [0.1, 0.15) is 0 Å². The van der Waals surface area contributed by atoms with E-state index in [2.05, 4.69) is 13.8 Å². The number of amides is 1. The molecule has 0 aliphatic carbocycles. The van der Waals surface area contributed by atoms with Crippen LogP contribution in [0.3, 0.4) is 0 Å². The summed E-state index contributed by atoms with van der Waals surface area (Å²) in [5, 5.41) is 0. The first-order valence-corrected chi connectivity index (χ1v) is 6.56. The summed E-state index contributed by atoms with van der Waals surface area (Å²) in [4.78, 5) is 14.5. The molecule has 1 saturated heterocycles. The number of rotatable bonds is 2. The van der Waals surface area contributed by atoms with E-state index in [4.69, 9.17) is 0 Å². The second-order valence-electron chi connectivity index (χ2n) is 5.17. The number of nitrogens with zero attached hydrogens (tertiary/aromatic N) is 1. The Morgan fingerprint density at radius 3 is 2.53 bits per heavy atom. The van der Waals surface area contributed by atoms with Crippen molar-refractivity contribution in [3.8, 4) is 0 Å². The van der Waals surface area contributed by atoms with Crippen LogP contribution in [0, 0.1) is 11.8 Å². The molecule has 1 fully saturated rings. The Kier molecular flexibility index (Phi) is 3.82. The highest BCUT2D eigenvalue weighted by Crippen LogP contribution is 2.27. The SMILES string of the molecule is CC(C)C1CCCCN(c2ccccc2)C1=O. The van der Waals surface area contributed by atoms with Crippen molar-refractivity contribution >= 4 is 11.6 Å².